The van der Waals surface area contributed by atoms with Crippen molar-refractivity contribution in [2.75, 3.05) is 6.61 Å². The summed E-state index contributed by atoms with van der Waals surface area (Å²) in [6, 6.07) is 7.96. The van der Waals surface area contributed by atoms with Crippen molar-refractivity contribution in [3.05, 3.63) is 35.4 Å². The first-order valence-corrected chi connectivity index (χ1v) is 7.43. The lowest BCUT2D eigenvalue weighted by Gasteiger charge is -2.42. The van der Waals surface area contributed by atoms with Gasteiger partial charge >= 0.3 is 5.97 Å². The normalized spacial score (nSPS) is 20.4. The molecule has 0 heterocycles. The molecular formula is C17H23NO2. The first-order chi connectivity index (χ1) is 9.59. The summed E-state index contributed by atoms with van der Waals surface area (Å²) in [6.07, 6.45) is 2.61. The Kier molecular flexibility index (Phi) is 4.26. The molecule has 0 aliphatic heterocycles. The standard InChI is InChI=1S/C17H23NO2/c1-4-17(5-2)11-12-9-7-8-10-13(12)15(18)14(17)16(19)20-6-3/h7-10,14,18H,4-6,11H2,1-3H3. The molecule has 0 amide bonds. The summed E-state index contributed by atoms with van der Waals surface area (Å²) in [4.78, 5) is 12.4. The average molecular weight is 273 g/mol. The van der Waals surface area contributed by atoms with Crippen LogP contribution in [0.5, 0.6) is 0 Å². The van der Waals surface area contributed by atoms with Gasteiger partial charge in [-0.05, 0) is 42.7 Å². The molecule has 1 aromatic rings. The van der Waals surface area contributed by atoms with E-state index < -0.39 is 5.92 Å². The number of hydrogen-bond acceptors (Lipinski definition) is 3. The van der Waals surface area contributed by atoms with Crippen LogP contribution < -0.4 is 0 Å². The molecule has 1 atom stereocenters. The molecule has 0 spiro atoms. The maximum absolute atomic E-state index is 12.4. The molecule has 1 aromatic carbocycles. The van der Waals surface area contributed by atoms with Gasteiger partial charge in [0.15, 0.2) is 0 Å². The highest BCUT2D eigenvalue weighted by Crippen LogP contribution is 2.45. The summed E-state index contributed by atoms with van der Waals surface area (Å²) >= 11 is 0. The molecule has 20 heavy (non-hydrogen) atoms. The van der Waals surface area contributed by atoms with Crippen LogP contribution in [-0.2, 0) is 16.0 Å². The van der Waals surface area contributed by atoms with Gasteiger partial charge in [0, 0.05) is 0 Å². The number of esters is 1. The Hall–Kier alpha value is -1.64. The number of rotatable bonds is 4. The number of hydrogen-bond donors (Lipinski definition) is 1. The Labute approximate surface area is 120 Å². The average Bonchev–Trinajstić information content (AvgIpc) is 2.47. The summed E-state index contributed by atoms with van der Waals surface area (Å²) in [5.74, 6) is -0.678. The zero-order chi connectivity index (χ0) is 14.8. The molecule has 1 unspecified atom stereocenters. The molecule has 108 valence electrons. The molecule has 0 bridgehead atoms. The van der Waals surface area contributed by atoms with E-state index in [-0.39, 0.29) is 11.4 Å². The van der Waals surface area contributed by atoms with Crippen molar-refractivity contribution < 1.29 is 9.53 Å². The van der Waals surface area contributed by atoms with Crippen LogP contribution >= 0.6 is 0 Å². The van der Waals surface area contributed by atoms with Crippen molar-refractivity contribution in [2.45, 2.75) is 40.0 Å². The molecule has 0 aromatic heterocycles. The van der Waals surface area contributed by atoms with Crippen molar-refractivity contribution in [2.24, 2.45) is 11.3 Å². The summed E-state index contributed by atoms with van der Waals surface area (Å²) in [7, 11) is 0. The van der Waals surface area contributed by atoms with Crippen LogP contribution in [0.25, 0.3) is 0 Å². The van der Waals surface area contributed by atoms with Crippen LogP contribution in [0.1, 0.15) is 44.7 Å². The second-order valence-corrected chi connectivity index (χ2v) is 5.50. The highest BCUT2D eigenvalue weighted by molar-refractivity contribution is 6.12. The number of carbonyl (C=O) groups excluding carboxylic acids is 1. The van der Waals surface area contributed by atoms with Crippen molar-refractivity contribution in [1.82, 2.24) is 0 Å². The highest BCUT2D eigenvalue weighted by atomic mass is 16.5. The highest BCUT2D eigenvalue weighted by Gasteiger charge is 2.47. The molecule has 1 aliphatic rings. The summed E-state index contributed by atoms with van der Waals surface area (Å²) in [5, 5.41) is 8.50. The van der Waals surface area contributed by atoms with Crippen LogP contribution in [0.4, 0.5) is 0 Å². The number of ether oxygens (including phenoxy) is 1. The lowest BCUT2D eigenvalue weighted by molar-refractivity contribution is -0.150. The Balaban J connectivity index is 2.51. The minimum Gasteiger partial charge on any atom is -0.465 e. The topological polar surface area (TPSA) is 50.2 Å². The second kappa shape index (κ2) is 5.78. The van der Waals surface area contributed by atoms with Gasteiger partial charge in [-0.1, -0.05) is 38.1 Å². The quantitative estimate of drug-likeness (QED) is 0.852. The number of nitrogens with one attached hydrogen (secondary N) is 1. The van der Waals surface area contributed by atoms with Gasteiger partial charge in [-0.25, -0.2) is 0 Å². The van der Waals surface area contributed by atoms with Crippen molar-refractivity contribution in [3.63, 3.8) is 0 Å². The summed E-state index contributed by atoms with van der Waals surface area (Å²) in [5.41, 5.74) is 2.33. The first-order valence-electron chi connectivity index (χ1n) is 7.43. The smallest absolute Gasteiger partial charge is 0.315 e. The van der Waals surface area contributed by atoms with Gasteiger partial charge in [-0.2, -0.15) is 0 Å². The van der Waals surface area contributed by atoms with Gasteiger partial charge in [0.05, 0.1) is 12.3 Å². The maximum Gasteiger partial charge on any atom is 0.315 e. The zero-order valence-corrected chi connectivity index (χ0v) is 12.5. The summed E-state index contributed by atoms with van der Waals surface area (Å²) < 4.78 is 5.25. The van der Waals surface area contributed by atoms with Crippen molar-refractivity contribution >= 4 is 11.7 Å². The SMILES string of the molecule is CCOC(=O)C1C(=N)c2ccccc2CC1(CC)CC. The molecule has 0 fully saturated rings. The van der Waals surface area contributed by atoms with Gasteiger partial charge in [0.1, 0.15) is 5.92 Å². The second-order valence-electron chi connectivity index (χ2n) is 5.50. The van der Waals surface area contributed by atoms with E-state index in [4.69, 9.17) is 10.1 Å². The Morgan fingerprint density at radius 2 is 1.95 bits per heavy atom. The molecule has 2 rings (SSSR count). The Morgan fingerprint density at radius 1 is 1.30 bits per heavy atom. The van der Waals surface area contributed by atoms with E-state index in [1.54, 1.807) is 0 Å². The fourth-order valence-corrected chi connectivity index (χ4v) is 3.38. The number of benzene rings is 1. The fourth-order valence-electron chi connectivity index (χ4n) is 3.38. The van der Waals surface area contributed by atoms with Gasteiger partial charge in [0.2, 0.25) is 0 Å². The Morgan fingerprint density at radius 3 is 2.55 bits per heavy atom. The van der Waals surface area contributed by atoms with E-state index >= 15 is 0 Å². The van der Waals surface area contributed by atoms with E-state index in [9.17, 15) is 4.79 Å². The predicted molar refractivity (Wildman–Crippen MR) is 80.1 cm³/mol. The van der Waals surface area contributed by atoms with Crippen LogP contribution in [0, 0.1) is 16.7 Å². The van der Waals surface area contributed by atoms with Gasteiger partial charge in [-0.15, -0.1) is 0 Å². The summed E-state index contributed by atoms with van der Waals surface area (Å²) in [6.45, 7) is 6.40. The van der Waals surface area contributed by atoms with Crippen molar-refractivity contribution in [1.29, 1.82) is 5.41 Å². The van der Waals surface area contributed by atoms with Gasteiger partial charge in [-0.3, -0.25) is 4.79 Å². The van der Waals surface area contributed by atoms with Gasteiger partial charge < -0.3 is 10.1 Å². The van der Waals surface area contributed by atoms with Crippen LogP contribution in [-0.4, -0.2) is 18.3 Å². The van der Waals surface area contributed by atoms with Crippen LogP contribution in [0.15, 0.2) is 24.3 Å². The predicted octanol–water partition coefficient (Wildman–Crippen LogP) is 3.60. The lowest BCUT2D eigenvalue weighted by Crippen LogP contribution is -2.46. The maximum atomic E-state index is 12.4. The Bertz CT molecular complexity index is 517. The molecule has 1 aliphatic carbocycles. The zero-order valence-electron chi connectivity index (χ0n) is 12.5. The monoisotopic (exact) mass is 273 g/mol. The minimum absolute atomic E-state index is 0.183. The largest absolute Gasteiger partial charge is 0.465 e. The van der Waals surface area contributed by atoms with E-state index in [1.165, 1.54) is 5.56 Å². The van der Waals surface area contributed by atoms with E-state index in [0.29, 0.717) is 12.3 Å². The van der Waals surface area contributed by atoms with E-state index in [2.05, 4.69) is 19.9 Å². The molecular weight excluding hydrogens is 250 g/mol. The molecule has 3 heteroatoms. The first kappa shape index (κ1) is 14.8. The number of carbonyl (C=O) groups is 1. The lowest BCUT2D eigenvalue weighted by atomic mass is 9.61. The van der Waals surface area contributed by atoms with Crippen molar-refractivity contribution in [3.8, 4) is 0 Å². The van der Waals surface area contributed by atoms with Crippen LogP contribution in [0.2, 0.25) is 0 Å². The fraction of sp³-hybridized carbons (Fsp3) is 0.529. The molecule has 0 saturated heterocycles. The third kappa shape index (κ3) is 2.26. The third-order valence-electron chi connectivity index (χ3n) is 4.68. The third-order valence-corrected chi connectivity index (χ3v) is 4.68. The van der Waals surface area contributed by atoms with E-state index in [0.717, 1.165) is 24.8 Å². The molecule has 1 N–H and O–H groups in total. The molecule has 3 nitrogen and oxygen atoms in total. The minimum atomic E-state index is -0.438. The van der Waals surface area contributed by atoms with E-state index in [1.807, 2.05) is 25.1 Å². The molecule has 0 saturated carbocycles. The molecule has 0 radical (unpaired) electrons. The number of fused-ring (bicyclic) bond motifs is 1. The van der Waals surface area contributed by atoms with Gasteiger partial charge in [0.25, 0.3) is 0 Å². The van der Waals surface area contributed by atoms with Crippen LogP contribution in [0.3, 0.4) is 0 Å².